The number of aromatic nitrogens is 1. The number of thiol groups is 1. The van der Waals surface area contributed by atoms with Crippen molar-refractivity contribution in [2.24, 2.45) is 0 Å². The Kier molecular flexibility index (Phi) is 2.06. The standard InChI is InChI=1S/C6H7ClN2S/c1-3-6(10)4(8)2-5(7)9-3/h2,10H,1H3,(H2,8,9). The Hall–Kier alpha value is -0.410. The number of hydrogen-bond donors (Lipinski definition) is 2. The smallest absolute Gasteiger partial charge is 0.131 e. The molecule has 1 aromatic heterocycles. The quantitative estimate of drug-likeness (QED) is 0.466. The van der Waals surface area contributed by atoms with E-state index in [9.17, 15) is 0 Å². The van der Waals surface area contributed by atoms with Crippen LogP contribution in [0.25, 0.3) is 0 Å². The molecule has 1 aromatic rings. The van der Waals surface area contributed by atoms with E-state index in [4.69, 9.17) is 17.3 Å². The van der Waals surface area contributed by atoms with E-state index in [1.165, 1.54) is 0 Å². The third kappa shape index (κ3) is 1.36. The predicted molar refractivity (Wildman–Crippen MR) is 45.6 cm³/mol. The highest BCUT2D eigenvalue weighted by atomic mass is 35.5. The van der Waals surface area contributed by atoms with Crippen molar-refractivity contribution in [1.82, 2.24) is 4.98 Å². The van der Waals surface area contributed by atoms with Gasteiger partial charge in [-0.3, -0.25) is 0 Å². The summed E-state index contributed by atoms with van der Waals surface area (Å²) in [5, 5.41) is 0.410. The van der Waals surface area contributed by atoms with Crippen LogP contribution in [0.15, 0.2) is 11.0 Å². The van der Waals surface area contributed by atoms with Crippen LogP contribution in [0.1, 0.15) is 5.69 Å². The van der Waals surface area contributed by atoms with Crippen LogP contribution in [0.3, 0.4) is 0 Å². The van der Waals surface area contributed by atoms with Gasteiger partial charge in [-0.25, -0.2) is 4.98 Å². The van der Waals surface area contributed by atoms with Gasteiger partial charge in [0, 0.05) is 10.6 Å². The molecule has 0 saturated heterocycles. The minimum absolute atomic E-state index is 0.410. The van der Waals surface area contributed by atoms with E-state index in [0.29, 0.717) is 15.7 Å². The summed E-state index contributed by atoms with van der Waals surface area (Å²) in [7, 11) is 0. The molecule has 0 spiro atoms. The Labute approximate surface area is 69.8 Å². The molecule has 0 amide bonds. The summed E-state index contributed by atoms with van der Waals surface area (Å²) in [4.78, 5) is 4.64. The van der Waals surface area contributed by atoms with Gasteiger partial charge in [0.1, 0.15) is 5.15 Å². The van der Waals surface area contributed by atoms with Crippen molar-refractivity contribution in [3.8, 4) is 0 Å². The molecule has 1 heterocycles. The van der Waals surface area contributed by atoms with Gasteiger partial charge in [0.05, 0.1) is 5.69 Å². The topological polar surface area (TPSA) is 38.9 Å². The highest BCUT2D eigenvalue weighted by Crippen LogP contribution is 2.21. The van der Waals surface area contributed by atoms with Crippen LogP contribution in [0, 0.1) is 6.92 Å². The molecule has 4 heteroatoms. The van der Waals surface area contributed by atoms with Crippen LogP contribution in [0.2, 0.25) is 5.15 Å². The van der Waals surface area contributed by atoms with Crippen LogP contribution in [0.4, 0.5) is 5.69 Å². The molecule has 2 nitrogen and oxygen atoms in total. The Balaban J connectivity index is 3.31. The number of rotatable bonds is 0. The fraction of sp³-hybridized carbons (Fsp3) is 0.167. The molecule has 0 radical (unpaired) electrons. The minimum Gasteiger partial charge on any atom is -0.398 e. The maximum Gasteiger partial charge on any atom is 0.131 e. The Morgan fingerprint density at radius 1 is 1.70 bits per heavy atom. The first-order chi connectivity index (χ1) is 4.61. The fourth-order valence-electron chi connectivity index (χ4n) is 0.651. The van der Waals surface area contributed by atoms with Crippen molar-refractivity contribution in [1.29, 1.82) is 0 Å². The van der Waals surface area contributed by atoms with Gasteiger partial charge in [-0.1, -0.05) is 11.6 Å². The molecule has 0 bridgehead atoms. The first-order valence-corrected chi connectivity index (χ1v) is 3.55. The number of anilines is 1. The summed E-state index contributed by atoms with van der Waals surface area (Å²) < 4.78 is 0. The lowest BCUT2D eigenvalue weighted by Crippen LogP contribution is -1.92. The average Bonchev–Trinajstić information content (AvgIpc) is 1.82. The zero-order valence-corrected chi connectivity index (χ0v) is 7.08. The summed E-state index contributed by atoms with van der Waals surface area (Å²) in [6.45, 7) is 1.81. The van der Waals surface area contributed by atoms with Crippen molar-refractivity contribution in [2.45, 2.75) is 11.8 Å². The molecule has 0 saturated carbocycles. The Morgan fingerprint density at radius 3 is 2.80 bits per heavy atom. The second-order valence-corrected chi connectivity index (χ2v) is 2.80. The van der Waals surface area contributed by atoms with Gasteiger partial charge in [-0.15, -0.1) is 12.6 Å². The van der Waals surface area contributed by atoms with E-state index < -0.39 is 0 Å². The highest BCUT2D eigenvalue weighted by molar-refractivity contribution is 7.80. The lowest BCUT2D eigenvalue weighted by Gasteiger charge is -2.01. The minimum atomic E-state index is 0.410. The number of nitrogen functional groups attached to an aromatic ring is 1. The van der Waals surface area contributed by atoms with Crippen molar-refractivity contribution in [2.75, 3.05) is 5.73 Å². The zero-order valence-electron chi connectivity index (χ0n) is 5.43. The van der Waals surface area contributed by atoms with Crippen LogP contribution < -0.4 is 5.73 Å². The zero-order chi connectivity index (χ0) is 7.72. The van der Waals surface area contributed by atoms with Crippen LogP contribution in [-0.2, 0) is 0 Å². The molecule has 0 aliphatic heterocycles. The predicted octanol–water partition coefficient (Wildman–Crippen LogP) is 1.91. The van der Waals surface area contributed by atoms with E-state index in [1.54, 1.807) is 6.07 Å². The number of pyridine rings is 1. The number of hydrogen-bond acceptors (Lipinski definition) is 3. The Morgan fingerprint density at radius 2 is 2.30 bits per heavy atom. The molecular weight excluding hydrogens is 168 g/mol. The lowest BCUT2D eigenvalue weighted by atomic mass is 10.3. The van der Waals surface area contributed by atoms with Gasteiger partial charge >= 0.3 is 0 Å². The van der Waals surface area contributed by atoms with Gasteiger partial charge < -0.3 is 5.73 Å². The fourth-order valence-corrected chi connectivity index (χ4v) is 1.01. The summed E-state index contributed by atoms with van der Waals surface area (Å²) >= 11 is 9.71. The number of halogens is 1. The summed E-state index contributed by atoms with van der Waals surface area (Å²) in [6, 6.07) is 1.58. The maximum absolute atomic E-state index is 5.60. The number of nitrogens with zero attached hydrogens (tertiary/aromatic N) is 1. The van der Waals surface area contributed by atoms with Gasteiger partial charge in [0.2, 0.25) is 0 Å². The Bertz CT molecular complexity index is 239. The van der Waals surface area contributed by atoms with Crippen molar-refractivity contribution in [3.05, 3.63) is 16.9 Å². The maximum atomic E-state index is 5.60. The molecule has 0 aliphatic rings. The van der Waals surface area contributed by atoms with E-state index in [-0.39, 0.29) is 0 Å². The van der Waals surface area contributed by atoms with Gasteiger partial charge in [0.25, 0.3) is 0 Å². The first kappa shape index (κ1) is 7.69. The summed E-state index contributed by atoms with van der Waals surface area (Å²) in [5.41, 5.74) is 6.85. The molecule has 54 valence electrons. The third-order valence-electron chi connectivity index (χ3n) is 1.17. The summed E-state index contributed by atoms with van der Waals surface area (Å²) in [6.07, 6.45) is 0. The molecule has 0 unspecified atom stereocenters. The van der Waals surface area contributed by atoms with Gasteiger partial charge in [-0.05, 0) is 13.0 Å². The molecule has 2 N–H and O–H groups in total. The SMILES string of the molecule is Cc1nc(Cl)cc(N)c1S. The largest absolute Gasteiger partial charge is 0.398 e. The monoisotopic (exact) mass is 174 g/mol. The molecule has 1 rings (SSSR count). The average molecular weight is 175 g/mol. The van der Waals surface area contributed by atoms with E-state index in [2.05, 4.69) is 17.6 Å². The van der Waals surface area contributed by atoms with E-state index in [1.807, 2.05) is 6.92 Å². The van der Waals surface area contributed by atoms with Crippen molar-refractivity contribution >= 4 is 29.9 Å². The molecule has 0 fully saturated rings. The summed E-state index contributed by atoms with van der Waals surface area (Å²) in [5.74, 6) is 0. The van der Waals surface area contributed by atoms with Crippen LogP contribution in [-0.4, -0.2) is 4.98 Å². The molecule has 0 atom stereocenters. The lowest BCUT2D eigenvalue weighted by molar-refractivity contribution is 1.12. The highest BCUT2D eigenvalue weighted by Gasteiger charge is 2.00. The van der Waals surface area contributed by atoms with Crippen LogP contribution >= 0.6 is 24.2 Å². The first-order valence-electron chi connectivity index (χ1n) is 2.73. The van der Waals surface area contributed by atoms with Crippen molar-refractivity contribution < 1.29 is 0 Å². The third-order valence-corrected chi connectivity index (χ3v) is 1.94. The number of aryl methyl sites for hydroxylation is 1. The molecular formula is C6H7ClN2S. The van der Waals surface area contributed by atoms with Gasteiger partial charge in [0.15, 0.2) is 0 Å². The number of nitrogens with two attached hydrogens (primary N) is 1. The van der Waals surface area contributed by atoms with Gasteiger partial charge in [-0.2, -0.15) is 0 Å². The second-order valence-electron chi connectivity index (χ2n) is 1.97. The second kappa shape index (κ2) is 2.68. The molecule has 0 aliphatic carbocycles. The molecule has 10 heavy (non-hydrogen) atoms. The van der Waals surface area contributed by atoms with E-state index in [0.717, 1.165) is 5.69 Å². The normalized spacial score (nSPS) is 9.90. The van der Waals surface area contributed by atoms with Crippen LogP contribution in [0.5, 0.6) is 0 Å². The van der Waals surface area contributed by atoms with Crippen molar-refractivity contribution in [3.63, 3.8) is 0 Å². The molecule has 0 aromatic carbocycles. The van der Waals surface area contributed by atoms with E-state index >= 15 is 0 Å².